The van der Waals surface area contributed by atoms with Crippen molar-refractivity contribution < 1.29 is 9.18 Å². The second-order valence-electron chi connectivity index (χ2n) is 2.52. The van der Waals surface area contributed by atoms with Gasteiger partial charge < -0.3 is 10.5 Å². The fraction of sp³-hybridized carbons (Fsp3) is 0.125. The molecule has 1 rings (SSSR count). The van der Waals surface area contributed by atoms with Crippen LogP contribution in [0, 0.1) is 9.39 Å². The van der Waals surface area contributed by atoms with Crippen LogP contribution in [0.3, 0.4) is 0 Å². The van der Waals surface area contributed by atoms with Crippen molar-refractivity contribution in [3.63, 3.8) is 0 Å². The second kappa shape index (κ2) is 4.76. The summed E-state index contributed by atoms with van der Waals surface area (Å²) in [6.07, 6.45) is 0.827. The summed E-state index contributed by atoms with van der Waals surface area (Å²) >= 11 is 10.7. The molecule has 0 saturated heterocycles. The van der Waals surface area contributed by atoms with Crippen molar-refractivity contribution in [2.45, 2.75) is 6.42 Å². The molecule has 0 aromatic heterocycles. The quantitative estimate of drug-likeness (QED) is 0.276. The third-order valence-electron chi connectivity index (χ3n) is 1.68. The number of rotatable bonds is 2. The number of carbonyl (C=O) groups excluding carboxylic acids is 1. The summed E-state index contributed by atoms with van der Waals surface area (Å²) in [6, 6.07) is 0. The summed E-state index contributed by atoms with van der Waals surface area (Å²) in [7, 11) is 0. The van der Waals surface area contributed by atoms with Crippen LogP contribution in [0.2, 0.25) is 5.02 Å². The molecule has 1 aromatic carbocycles. The number of nitrogen functional groups attached to an aromatic ring is 1. The molecule has 0 aliphatic heterocycles. The van der Waals surface area contributed by atoms with Crippen LogP contribution in [0.4, 0.5) is 10.1 Å². The molecule has 0 aliphatic rings. The average Bonchev–Trinajstić information content (AvgIpc) is 2.19. The van der Waals surface area contributed by atoms with E-state index in [4.69, 9.17) is 17.3 Å². The summed E-state index contributed by atoms with van der Waals surface area (Å²) in [6.45, 7) is 0. The highest BCUT2D eigenvalue weighted by atomic mass is 127. The summed E-state index contributed by atoms with van der Waals surface area (Å²) in [4.78, 5) is 10.4. The minimum absolute atomic E-state index is 0.0127. The Morgan fingerprint density at radius 3 is 2.71 bits per heavy atom. The van der Waals surface area contributed by atoms with Crippen molar-refractivity contribution in [2.75, 3.05) is 5.73 Å². The maximum Gasteiger partial charge on any atom is 0.162 e. The van der Waals surface area contributed by atoms with Gasteiger partial charge in [0.2, 0.25) is 0 Å². The lowest BCUT2D eigenvalue weighted by atomic mass is 10.1. The van der Waals surface area contributed by atoms with Gasteiger partial charge in [0.1, 0.15) is 6.29 Å². The SMILES string of the molecule is Nc1c(F)c(Br)c(Cl)c(CC=O)c1I. The summed E-state index contributed by atoms with van der Waals surface area (Å²) in [5.74, 6) is -0.589. The van der Waals surface area contributed by atoms with Crippen molar-refractivity contribution in [3.8, 4) is 0 Å². The van der Waals surface area contributed by atoms with Gasteiger partial charge in [-0.05, 0) is 44.1 Å². The zero-order valence-electron chi connectivity index (χ0n) is 6.78. The molecule has 6 heteroatoms. The lowest BCUT2D eigenvalue weighted by Crippen LogP contribution is -2.02. The highest BCUT2D eigenvalue weighted by Gasteiger charge is 2.18. The smallest absolute Gasteiger partial charge is 0.162 e. The maximum absolute atomic E-state index is 13.3. The van der Waals surface area contributed by atoms with Gasteiger partial charge in [0.25, 0.3) is 0 Å². The topological polar surface area (TPSA) is 43.1 Å². The highest BCUT2D eigenvalue weighted by molar-refractivity contribution is 14.1. The number of halogens is 4. The Morgan fingerprint density at radius 1 is 1.64 bits per heavy atom. The van der Waals surface area contributed by atoms with Crippen LogP contribution in [0.1, 0.15) is 5.56 Å². The summed E-state index contributed by atoms with van der Waals surface area (Å²) < 4.78 is 13.9. The van der Waals surface area contributed by atoms with Crippen LogP contribution >= 0.6 is 50.1 Å². The molecule has 2 nitrogen and oxygen atoms in total. The Hall–Kier alpha value is 0.120. The van der Waals surface area contributed by atoms with Gasteiger partial charge in [-0.1, -0.05) is 11.6 Å². The van der Waals surface area contributed by atoms with Crippen LogP contribution in [-0.2, 0) is 11.2 Å². The number of benzene rings is 1. The molecule has 76 valence electrons. The molecule has 0 amide bonds. The van der Waals surface area contributed by atoms with Gasteiger partial charge in [-0.15, -0.1) is 0 Å². The fourth-order valence-electron chi connectivity index (χ4n) is 0.965. The minimum atomic E-state index is -0.589. The maximum atomic E-state index is 13.3. The Bertz CT molecular complexity index is 370. The van der Waals surface area contributed by atoms with Crippen molar-refractivity contribution >= 4 is 62.1 Å². The zero-order valence-corrected chi connectivity index (χ0v) is 11.3. The molecule has 0 radical (unpaired) electrons. The summed E-state index contributed by atoms with van der Waals surface area (Å²) in [5, 5.41) is 0.202. The van der Waals surface area contributed by atoms with Gasteiger partial charge in [-0.25, -0.2) is 4.39 Å². The zero-order chi connectivity index (χ0) is 10.9. The van der Waals surface area contributed by atoms with E-state index in [1.165, 1.54) is 0 Å². The lowest BCUT2D eigenvalue weighted by Gasteiger charge is -2.10. The number of anilines is 1. The first kappa shape index (κ1) is 12.2. The molecule has 2 N–H and O–H groups in total. The predicted octanol–water partition coefficient (Wildman–Crippen LogP) is 3.17. The third-order valence-corrected chi connectivity index (χ3v) is 4.30. The van der Waals surface area contributed by atoms with Gasteiger partial charge >= 0.3 is 0 Å². The molecule has 0 saturated carbocycles. The van der Waals surface area contributed by atoms with Gasteiger partial charge in [-0.2, -0.15) is 0 Å². The van der Waals surface area contributed by atoms with Crippen molar-refractivity contribution in [2.24, 2.45) is 0 Å². The first-order valence-corrected chi connectivity index (χ1v) is 5.79. The number of hydrogen-bond donors (Lipinski definition) is 1. The molecule has 0 fully saturated rings. The van der Waals surface area contributed by atoms with E-state index in [1.807, 2.05) is 22.6 Å². The molecular weight excluding hydrogens is 387 g/mol. The first-order chi connectivity index (χ1) is 6.50. The van der Waals surface area contributed by atoms with Crippen LogP contribution in [0.15, 0.2) is 4.47 Å². The van der Waals surface area contributed by atoms with Crippen LogP contribution in [-0.4, -0.2) is 6.29 Å². The lowest BCUT2D eigenvalue weighted by molar-refractivity contribution is -0.107. The van der Waals surface area contributed by atoms with Crippen LogP contribution in [0.5, 0.6) is 0 Å². The Morgan fingerprint density at radius 2 is 2.21 bits per heavy atom. The molecule has 0 spiro atoms. The normalized spacial score (nSPS) is 10.3. The van der Waals surface area contributed by atoms with Crippen LogP contribution < -0.4 is 5.73 Å². The van der Waals surface area contributed by atoms with Crippen LogP contribution in [0.25, 0.3) is 0 Å². The van der Waals surface area contributed by atoms with E-state index in [2.05, 4.69) is 15.9 Å². The highest BCUT2D eigenvalue weighted by Crippen LogP contribution is 2.37. The summed E-state index contributed by atoms with van der Waals surface area (Å²) in [5.41, 5.74) is 6.06. The Balaban J connectivity index is 3.50. The van der Waals surface area contributed by atoms with E-state index >= 15 is 0 Å². The second-order valence-corrected chi connectivity index (χ2v) is 4.77. The first-order valence-electron chi connectivity index (χ1n) is 3.54. The molecule has 1 aromatic rings. The molecule has 0 unspecified atom stereocenters. The van der Waals surface area contributed by atoms with Gasteiger partial charge in [0.05, 0.1) is 15.2 Å². The number of hydrogen-bond acceptors (Lipinski definition) is 2. The van der Waals surface area contributed by atoms with Gasteiger partial charge in [0, 0.05) is 9.99 Å². The van der Waals surface area contributed by atoms with E-state index in [0.717, 1.165) is 0 Å². The average molecular weight is 392 g/mol. The minimum Gasteiger partial charge on any atom is -0.395 e. The van der Waals surface area contributed by atoms with Crippen molar-refractivity contribution in [3.05, 3.63) is 24.4 Å². The Labute approximate surface area is 107 Å². The van der Waals surface area contributed by atoms with E-state index in [1.54, 1.807) is 0 Å². The molecule has 14 heavy (non-hydrogen) atoms. The van der Waals surface area contributed by atoms with E-state index < -0.39 is 5.82 Å². The van der Waals surface area contributed by atoms with E-state index in [9.17, 15) is 9.18 Å². The number of nitrogens with two attached hydrogens (primary N) is 1. The molecular formula is C8H5BrClFINO. The third kappa shape index (κ3) is 2.04. The molecule has 0 atom stereocenters. The van der Waals surface area contributed by atoms with E-state index in [0.29, 0.717) is 15.4 Å². The Kier molecular flexibility index (Phi) is 4.15. The van der Waals surface area contributed by atoms with E-state index in [-0.39, 0.29) is 21.6 Å². The van der Waals surface area contributed by atoms with Gasteiger partial charge in [-0.3, -0.25) is 0 Å². The molecule has 0 aliphatic carbocycles. The predicted molar refractivity (Wildman–Crippen MR) is 66.0 cm³/mol. The standard InChI is InChI=1S/C8H5BrClFINO/c9-4-5(10)3(1-2-14)7(12)8(13)6(4)11/h2H,1,13H2. The van der Waals surface area contributed by atoms with Gasteiger partial charge in [0.15, 0.2) is 5.82 Å². The number of carbonyl (C=O) groups is 1. The van der Waals surface area contributed by atoms with Crippen molar-refractivity contribution in [1.82, 2.24) is 0 Å². The molecule has 0 bridgehead atoms. The monoisotopic (exact) mass is 391 g/mol. The van der Waals surface area contributed by atoms with Crippen molar-refractivity contribution in [1.29, 1.82) is 0 Å². The number of aldehydes is 1. The largest absolute Gasteiger partial charge is 0.395 e. The fourth-order valence-corrected chi connectivity index (χ4v) is 2.56. The molecule has 0 heterocycles.